The summed E-state index contributed by atoms with van der Waals surface area (Å²) < 4.78 is 10.8. The van der Waals surface area contributed by atoms with Crippen molar-refractivity contribution in [2.75, 3.05) is 5.32 Å². The average molecular weight is 347 g/mol. The number of anilines is 1. The number of amides is 1. The summed E-state index contributed by atoms with van der Waals surface area (Å²) in [5.41, 5.74) is 4.36. The topological polar surface area (TPSA) is 76.2 Å². The highest BCUT2D eigenvalue weighted by molar-refractivity contribution is 5.86. The molecule has 0 bridgehead atoms. The predicted molar refractivity (Wildman–Crippen MR) is 99.8 cm³/mol. The fraction of sp³-hybridized carbons (Fsp3) is 0.100. The summed E-state index contributed by atoms with van der Waals surface area (Å²) in [7, 11) is 0. The van der Waals surface area contributed by atoms with Gasteiger partial charge in [-0.25, -0.2) is 9.78 Å². The molecule has 1 aliphatic rings. The van der Waals surface area contributed by atoms with Gasteiger partial charge in [-0.2, -0.15) is 0 Å². The number of allylic oxidation sites excluding steroid dienone is 2. The summed E-state index contributed by atoms with van der Waals surface area (Å²) >= 11 is 0. The maximum Gasteiger partial charge on any atom is 0.412 e. The summed E-state index contributed by atoms with van der Waals surface area (Å²) in [5, 5.41) is 2.69. The molecule has 0 fully saturated rings. The van der Waals surface area contributed by atoms with Crippen molar-refractivity contribution in [3.8, 4) is 5.75 Å². The molecule has 130 valence electrons. The van der Waals surface area contributed by atoms with Gasteiger partial charge in [0.2, 0.25) is 0 Å². The fourth-order valence-electron chi connectivity index (χ4n) is 2.86. The van der Waals surface area contributed by atoms with Crippen LogP contribution in [0.1, 0.15) is 18.3 Å². The zero-order valence-corrected chi connectivity index (χ0v) is 14.2. The second kappa shape index (κ2) is 6.40. The minimum absolute atomic E-state index is 0.0562. The molecule has 26 heavy (non-hydrogen) atoms. The first-order valence-corrected chi connectivity index (χ1v) is 8.15. The van der Waals surface area contributed by atoms with Gasteiger partial charge in [0.15, 0.2) is 6.61 Å². The molecule has 0 atom stereocenters. The van der Waals surface area contributed by atoms with Crippen LogP contribution >= 0.6 is 0 Å². The third-order valence-electron chi connectivity index (χ3n) is 4.05. The Balaban J connectivity index is 1.41. The first-order chi connectivity index (χ1) is 12.6. The Hall–Kier alpha value is -3.54. The number of hydrogen-bond donors (Lipinski definition) is 2. The van der Waals surface area contributed by atoms with E-state index in [-0.39, 0.29) is 6.61 Å². The number of benzene rings is 2. The zero-order chi connectivity index (χ0) is 18.1. The molecule has 2 heterocycles. The molecule has 0 unspecified atom stereocenters. The molecule has 0 aliphatic carbocycles. The number of fused-ring (bicyclic) bond motifs is 2. The van der Waals surface area contributed by atoms with Crippen molar-refractivity contribution < 1.29 is 14.3 Å². The van der Waals surface area contributed by atoms with Crippen LogP contribution in [0.25, 0.3) is 16.6 Å². The highest BCUT2D eigenvalue weighted by atomic mass is 16.5. The van der Waals surface area contributed by atoms with Crippen LogP contribution in [-0.4, -0.2) is 16.1 Å². The van der Waals surface area contributed by atoms with Gasteiger partial charge < -0.3 is 14.5 Å². The van der Waals surface area contributed by atoms with Gasteiger partial charge in [0.1, 0.15) is 17.3 Å². The molecule has 1 aliphatic heterocycles. The number of carbonyl (C=O) groups excluding carboxylic acids is 1. The van der Waals surface area contributed by atoms with Gasteiger partial charge in [-0.15, -0.1) is 0 Å². The molecule has 6 heteroatoms. The summed E-state index contributed by atoms with van der Waals surface area (Å²) in [6, 6.07) is 13.1. The number of carbonyl (C=O) groups is 1. The van der Waals surface area contributed by atoms with Crippen molar-refractivity contribution in [3.05, 3.63) is 72.3 Å². The maximum atomic E-state index is 12.1. The number of nitrogens with zero attached hydrogens (tertiary/aromatic N) is 1. The molecule has 6 nitrogen and oxygen atoms in total. The number of aromatic nitrogens is 2. The molecule has 2 N–H and O–H groups in total. The molecule has 2 aromatic carbocycles. The van der Waals surface area contributed by atoms with E-state index in [1.807, 2.05) is 43.3 Å². The molecule has 0 saturated carbocycles. The highest BCUT2D eigenvalue weighted by Crippen LogP contribution is 2.34. The normalized spacial score (nSPS) is 13.0. The Morgan fingerprint density at radius 2 is 2.15 bits per heavy atom. The van der Waals surface area contributed by atoms with Crippen LogP contribution in [0.15, 0.2) is 60.9 Å². The minimum Gasteiger partial charge on any atom is -0.457 e. The Kier molecular flexibility index (Phi) is 3.93. The lowest BCUT2D eigenvalue weighted by atomic mass is 10.0. The van der Waals surface area contributed by atoms with Crippen LogP contribution in [0.3, 0.4) is 0 Å². The minimum atomic E-state index is -0.563. The van der Waals surface area contributed by atoms with Crippen LogP contribution in [0.2, 0.25) is 0 Å². The third kappa shape index (κ3) is 3.17. The lowest BCUT2D eigenvalue weighted by Gasteiger charge is -2.18. The SMILES string of the molecule is C=C1C=C(C)c2ccc(NC(=O)OCc3nc4ccccc4[nH]3)cc2O1. The predicted octanol–water partition coefficient (Wildman–Crippen LogP) is 4.62. The number of H-pyrrole nitrogens is 1. The average Bonchev–Trinajstić information content (AvgIpc) is 3.02. The zero-order valence-electron chi connectivity index (χ0n) is 14.2. The van der Waals surface area contributed by atoms with Gasteiger partial charge in [-0.1, -0.05) is 18.7 Å². The molecule has 0 radical (unpaired) electrons. The van der Waals surface area contributed by atoms with Crippen molar-refractivity contribution in [3.63, 3.8) is 0 Å². The quantitative estimate of drug-likeness (QED) is 0.725. The summed E-state index contributed by atoms with van der Waals surface area (Å²) in [6.45, 7) is 5.86. The van der Waals surface area contributed by atoms with Crippen LogP contribution in [0.4, 0.5) is 10.5 Å². The highest BCUT2D eigenvalue weighted by Gasteiger charge is 2.15. The molecule has 4 rings (SSSR count). The second-order valence-corrected chi connectivity index (χ2v) is 6.01. The van der Waals surface area contributed by atoms with E-state index < -0.39 is 6.09 Å². The number of ether oxygens (including phenoxy) is 2. The largest absolute Gasteiger partial charge is 0.457 e. The van der Waals surface area contributed by atoms with Crippen LogP contribution in [0, 0.1) is 0 Å². The number of imidazole rings is 1. The number of aromatic amines is 1. The summed E-state index contributed by atoms with van der Waals surface area (Å²) in [5.74, 6) is 1.82. The van der Waals surface area contributed by atoms with Crippen molar-refractivity contribution in [1.82, 2.24) is 9.97 Å². The van der Waals surface area contributed by atoms with E-state index in [2.05, 4.69) is 21.9 Å². The smallest absolute Gasteiger partial charge is 0.412 e. The van der Waals surface area contributed by atoms with E-state index in [9.17, 15) is 4.79 Å². The molecule has 0 spiro atoms. The molecular formula is C20H17N3O3. The van der Waals surface area contributed by atoms with Gasteiger partial charge in [0.25, 0.3) is 0 Å². The number of para-hydroxylation sites is 2. The Morgan fingerprint density at radius 3 is 3.00 bits per heavy atom. The van der Waals surface area contributed by atoms with Gasteiger partial charge in [0.05, 0.1) is 11.0 Å². The van der Waals surface area contributed by atoms with E-state index in [1.54, 1.807) is 12.1 Å². The van der Waals surface area contributed by atoms with E-state index >= 15 is 0 Å². The Labute approximate surface area is 150 Å². The molecule has 1 amide bonds. The van der Waals surface area contributed by atoms with Gasteiger partial charge in [-0.05, 0) is 42.8 Å². The third-order valence-corrected chi connectivity index (χ3v) is 4.05. The van der Waals surface area contributed by atoms with Crippen LogP contribution in [-0.2, 0) is 11.3 Å². The monoisotopic (exact) mass is 347 g/mol. The number of hydrogen-bond acceptors (Lipinski definition) is 4. The number of rotatable bonds is 3. The van der Waals surface area contributed by atoms with E-state index in [1.165, 1.54) is 0 Å². The van der Waals surface area contributed by atoms with Gasteiger partial charge in [-0.3, -0.25) is 5.32 Å². The molecule has 0 saturated heterocycles. The lowest BCUT2D eigenvalue weighted by molar-refractivity contribution is 0.152. The van der Waals surface area contributed by atoms with E-state index in [0.717, 1.165) is 22.2 Å². The maximum absolute atomic E-state index is 12.1. The Morgan fingerprint density at radius 1 is 1.31 bits per heavy atom. The molecular weight excluding hydrogens is 330 g/mol. The van der Waals surface area contributed by atoms with Crippen molar-refractivity contribution in [2.24, 2.45) is 0 Å². The second-order valence-electron chi connectivity index (χ2n) is 6.01. The standard InChI is InChI=1S/C20H17N3O3/c1-12-9-13(2)26-18-10-14(7-8-15(12)18)21-20(24)25-11-19-22-16-5-3-4-6-17(16)23-19/h3-10H,2,11H2,1H3,(H,21,24)(H,22,23). The molecule has 3 aromatic rings. The van der Waals surface area contributed by atoms with E-state index in [4.69, 9.17) is 9.47 Å². The first-order valence-electron chi connectivity index (χ1n) is 8.15. The number of nitrogens with one attached hydrogen (secondary N) is 2. The van der Waals surface area contributed by atoms with Crippen molar-refractivity contribution in [1.29, 1.82) is 0 Å². The summed E-state index contributed by atoms with van der Waals surface area (Å²) in [6.07, 6.45) is 1.31. The van der Waals surface area contributed by atoms with Gasteiger partial charge in [0, 0.05) is 17.3 Å². The van der Waals surface area contributed by atoms with Crippen molar-refractivity contribution >= 4 is 28.4 Å². The van der Waals surface area contributed by atoms with Gasteiger partial charge >= 0.3 is 6.09 Å². The fourth-order valence-corrected chi connectivity index (χ4v) is 2.86. The van der Waals surface area contributed by atoms with E-state index in [0.29, 0.717) is 23.0 Å². The molecule has 1 aromatic heterocycles. The Bertz CT molecular complexity index is 1020. The van der Waals surface area contributed by atoms with Crippen LogP contribution in [0.5, 0.6) is 5.75 Å². The lowest BCUT2D eigenvalue weighted by Crippen LogP contribution is -2.14. The first kappa shape index (κ1) is 16.0. The van der Waals surface area contributed by atoms with Crippen molar-refractivity contribution in [2.45, 2.75) is 13.5 Å². The van der Waals surface area contributed by atoms with Crippen LogP contribution < -0.4 is 10.1 Å². The summed E-state index contributed by atoms with van der Waals surface area (Å²) in [4.78, 5) is 19.5.